The third-order valence-electron chi connectivity index (χ3n) is 6.76. The third-order valence-corrected chi connectivity index (χ3v) is 6.76. The maximum atomic E-state index is 13.7. The maximum Gasteiger partial charge on any atom is 0.238 e. The minimum Gasteiger partial charge on any atom is -0.497 e. The second kappa shape index (κ2) is 8.90. The molecule has 0 spiro atoms. The van der Waals surface area contributed by atoms with Gasteiger partial charge in [-0.25, -0.2) is 4.39 Å². The lowest BCUT2D eigenvalue weighted by Crippen LogP contribution is -2.53. The van der Waals surface area contributed by atoms with E-state index in [4.69, 9.17) is 4.74 Å². The number of halogens is 1. The fourth-order valence-electron chi connectivity index (χ4n) is 5.13. The smallest absolute Gasteiger partial charge is 0.238 e. The molecule has 32 heavy (non-hydrogen) atoms. The highest BCUT2D eigenvalue weighted by Crippen LogP contribution is 2.45. The van der Waals surface area contributed by atoms with E-state index in [1.165, 1.54) is 12.1 Å². The molecule has 0 radical (unpaired) electrons. The summed E-state index contributed by atoms with van der Waals surface area (Å²) in [6, 6.07) is 12.2. The molecule has 2 aromatic carbocycles. The molecule has 2 fully saturated rings. The van der Waals surface area contributed by atoms with Crippen molar-refractivity contribution < 1.29 is 18.7 Å². The van der Waals surface area contributed by atoms with E-state index in [-0.39, 0.29) is 36.3 Å². The summed E-state index contributed by atoms with van der Waals surface area (Å²) < 4.78 is 19.0. The van der Waals surface area contributed by atoms with E-state index in [1.54, 1.807) is 13.2 Å². The summed E-state index contributed by atoms with van der Waals surface area (Å²) in [6.07, 6.45) is 2.82. The first-order chi connectivity index (χ1) is 15.3. The van der Waals surface area contributed by atoms with Gasteiger partial charge in [-0.2, -0.15) is 0 Å². The Morgan fingerprint density at radius 1 is 1.28 bits per heavy atom. The van der Waals surface area contributed by atoms with E-state index in [9.17, 15) is 14.0 Å². The van der Waals surface area contributed by atoms with Gasteiger partial charge < -0.3 is 15.4 Å². The standard InChI is InChI=1S/C25H30FN3O3/c1-16-7-10-18(26)13-20(16)27-24(31)15-29-21(17-8-11-19(32-3)12-9-17)14-25(2)22(29)5-4-6-23(30)28-25/h7-13,21-22H,4-6,14-15H2,1-3H3,(H,27,31)(H,28,30)/t21-,22-,25-/m0/s1. The number of rotatable bonds is 5. The number of amides is 2. The zero-order valence-electron chi connectivity index (χ0n) is 18.8. The van der Waals surface area contributed by atoms with Crippen LogP contribution in [-0.2, 0) is 9.59 Å². The first kappa shape index (κ1) is 22.3. The van der Waals surface area contributed by atoms with E-state index >= 15 is 0 Å². The molecule has 4 rings (SSSR count). The minimum atomic E-state index is -0.423. The van der Waals surface area contributed by atoms with E-state index in [0.717, 1.165) is 29.7 Å². The number of hydrogen-bond acceptors (Lipinski definition) is 4. The molecule has 0 bridgehead atoms. The van der Waals surface area contributed by atoms with Crippen molar-refractivity contribution in [3.8, 4) is 5.75 Å². The third kappa shape index (κ3) is 4.48. The number of aryl methyl sites for hydroxylation is 1. The van der Waals surface area contributed by atoms with E-state index in [2.05, 4.69) is 22.5 Å². The number of carbonyl (C=O) groups excluding carboxylic acids is 2. The summed E-state index contributed by atoms with van der Waals surface area (Å²) >= 11 is 0. The van der Waals surface area contributed by atoms with Gasteiger partial charge in [0.05, 0.1) is 19.2 Å². The molecule has 0 aromatic heterocycles. The fourth-order valence-corrected chi connectivity index (χ4v) is 5.13. The molecule has 2 heterocycles. The average molecular weight is 440 g/mol. The average Bonchev–Trinajstić information content (AvgIpc) is 2.92. The van der Waals surface area contributed by atoms with Gasteiger partial charge >= 0.3 is 0 Å². The number of hydrogen-bond donors (Lipinski definition) is 2. The Balaban J connectivity index is 1.62. The SMILES string of the molecule is COc1ccc([C@@H]2C[C@]3(C)NC(=O)CCC[C@@H]3N2CC(=O)Nc2cc(F)ccc2C)cc1. The number of methoxy groups -OCH3 is 1. The van der Waals surface area contributed by atoms with Crippen LogP contribution in [0.5, 0.6) is 5.75 Å². The maximum absolute atomic E-state index is 13.7. The van der Waals surface area contributed by atoms with Crippen LogP contribution in [-0.4, -0.2) is 41.9 Å². The quantitative estimate of drug-likeness (QED) is 0.740. The summed E-state index contributed by atoms with van der Waals surface area (Å²) in [5.41, 5.74) is 1.93. The van der Waals surface area contributed by atoms with Crippen molar-refractivity contribution in [1.82, 2.24) is 10.2 Å². The van der Waals surface area contributed by atoms with Crippen LogP contribution < -0.4 is 15.4 Å². The van der Waals surface area contributed by atoms with E-state index < -0.39 is 5.54 Å². The summed E-state index contributed by atoms with van der Waals surface area (Å²) in [5.74, 6) is 0.246. The molecule has 2 saturated heterocycles. The van der Waals surface area contributed by atoms with Crippen molar-refractivity contribution in [1.29, 1.82) is 0 Å². The molecule has 2 aromatic rings. The molecule has 6 nitrogen and oxygen atoms in total. The van der Waals surface area contributed by atoms with Crippen LogP contribution in [0.2, 0.25) is 0 Å². The zero-order chi connectivity index (χ0) is 22.9. The highest BCUT2D eigenvalue weighted by Gasteiger charge is 2.51. The zero-order valence-corrected chi connectivity index (χ0v) is 18.8. The largest absolute Gasteiger partial charge is 0.497 e. The topological polar surface area (TPSA) is 70.7 Å². The van der Waals surface area contributed by atoms with E-state index in [0.29, 0.717) is 18.5 Å². The van der Waals surface area contributed by atoms with Crippen LogP contribution in [0, 0.1) is 12.7 Å². The number of nitrogens with one attached hydrogen (secondary N) is 2. The van der Waals surface area contributed by atoms with Crippen LogP contribution in [0.1, 0.15) is 49.8 Å². The van der Waals surface area contributed by atoms with Crippen LogP contribution in [0.3, 0.4) is 0 Å². The fraction of sp³-hybridized carbons (Fsp3) is 0.440. The number of nitrogens with zero attached hydrogens (tertiary/aromatic N) is 1. The second-order valence-corrected chi connectivity index (χ2v) is 9.05. The Morgan fingerprint density at radius 3 is 2.75 bits per heavy atom. The normalized spacial score (nSPS) is 25.6. The second-order valence-electron chi connectivity index (χ2n) is 9.05. The molecule has 170 valence electrons. The molecule has 2 aliphatic heterocycles. The number of anilines is 1. The van der Waals surface area contributed by atoms with Gasteiger partial charge in [-0.1, -0.05) is 18.2 Å². The predicted octanol–water partition coefficient (Wildman–Crippen LogP) is 3.96. The number of fused-ring (bicyclic) bond motifs is 1. The van der Waals surface area contributed by atoms with Gasteiger partial charge in [-0.15, -0.1) is 0 Å². The van der Waals surface area contributed by atoms with Gasteiger partial charge in [0.15, 0.2) is 0 Å². The first-order valence-corrected chi connectivity index (χ1v) is 11.1. The first-order valence-electron chi connectivity index (χ1n) is 11.1. The molecule has 0 saturated carbocycles. The van der Waals surface area contributed by atoms with Crippen molar-refractivity contribution in [3.05, 3.63) is 59.4 Å². The van der Waals surface area contributed by atoms with Gasteiger partial charge in [0, 0.05) is 24.2 Å². The summed E-state index contributed by atoms with van der Waals surface area (Å²) in [5, 5.41) is 6.10. The lowest BCUT2D eigenvalue weighted by atomic mass is 9.88. The van der Waals surface area contributed by atoms with Gasteiger partial charge in [-0.05, 0) is 68.5 Å². The Kier molecular flexibility index (Phi) is 6.20. The van der Waals surface area contributed by atoms with Crippen LogP contribution in [0.4, 0.5) is 10.1 Å². The highest BCUT2D eigenvalue weighted by atomic mass is 19.1. The monoisotopic (exact) mass is 439 g/mol. The molecule has 0 unspecified atom stereocenters. The lowest BCUT2D eigenvalue weighted by molar-refractivity contribution is -0.122. The Hall–Kier alpha value is -2.93. The molecule has 7 heteroatoms. The Morgan fingerprint density at radius 2 is 2.03 bits per heavy atom. The van der Waals surface area contributed by atoms with Crippen LogP contribution in [0.25, 0.3) is 0 Å². The van der Waals surface area contributed by atoms with Crippen LogP contribution in [0.15, 0.2) is 42.5 Å². The Bertz CT molecular complexity index is 1010. The minimum absolute atomic E-state index is 0.0282. The van der Waals surface area contributed by atoms with Crippen molar-refractivity contribution in [3.63, 3.8) is 0 Å². The number of likely N-dealkylation sites (tertiary alicyclic amines) is 1. The lowest BCUT2D eigenvalue weighted by Gasteiger charge is -2.34. The number of benzene rings is 2. The molecule has 2 aliphatic rings. The molecule has 0 aliphatic carbocycles. The number of carbonyl (C=O) groups is 2. The van der Waals surface area contributed by atoms with Crippen molar-refractivity contribution >= 4 is 17.5 Å². The van der Waals surface area contributed by atoms with Crippen molar-refractivity contribution in [2.45, 2.75) is 57.2 Å². The van der Waals surface area contributed by atoms with Crippen LogP contribution >= 0.6 is 0 Å². The van der Waals surface area contributed by atoms with Gasteiger partial charge in [0.2, 0.25) is 11.8 Å². The van der Waals surface area contributed by atoms with E-state index in [1.807, 2.05) is 31.2 Å². The molecular formula is C25H30FN3O3. The molecule has 3 atom stereocenters. The van der Waals surface area contributed by atoms with Gasteiger partial charge in [0.25, 0.3) is 0 Å². The van der Waals surface area contributed by atoms with Crippen molar-refractivity contribution in [2.75, 3.05) is 19.0 Å². The Labute approximate surface area is 188 Å². The molecule has 2 amide bonds. The summed E-state index contributed by atoms with van der Waals surface area (Å²) in [4.78, 5) is 27.6. The molecule has 2 N–H and O–H groups in total. The van der Waals surface area contributed by atoms with Gasteiger partial charge in [0.1, 0.15) is 11.6 Å². The highest BCUT2D eigenvalue weighted by molar-refractivity contribution is 5.93. The van der Waals surface area contributed by atoms with Gasteiger partial charge in [-0.3, -0.25) is 14.5 Å². The molecular weight excluding hydrogens is 409 g/mol. The summed E-state index contributed by atoms with van der Waals surface area (Å²) in [7, 11) is 1.63. The predicted molar refractivity (Wildman–Crippen MR) is 121 cm³/mol. The van der Waals surface area contributed by atoms with Crippen molar-refractivity contribution in [2.24, 2.45) is 0 Å². The summed E-state index contributed by atoms with van der Waals surface area (Å²) in [6.45, 7) is 4.07. The number of ether oxygens (including phenoxy) is 1.